The van der Waals surface area contributed by atoms with E-state index in [4.69, 9.17) is 16.3 Å². The second-order valence-corrected chi connectivity index (χ2v) is 4.80. The van der Waals surface area contributed by atoms with Gasteiger partial charge in [0.05, 0.1) is 18.5 Å². The minimum atomic E-state index is 0.408. The highest BCUT2D eigenvalue weighted by molar-refractivity contribution is 6.32. The zero-order valence-electron chi connectivity index (χ0n) is 10.9. The summed E-state index contributed by atoms with van der Waals surface area (Å²) in [6, 6.07) is 5.94. The maximum Gasteiger partial charge on any atom is 0.163 e. The van der Waals surface area contributed by atoms with Gasteiger partial charge in [-0.05, 0) is 24.6 Å². The fourth-order valence-electron chi connectivity index (χ4n) is 2.55. The Morgan fingerprint density at radius 1 is 1.50 bits per heavy atom. The number of fused-ring (bicyclic) bond motifs is 1. The van der Waals surface area contributed by atoms with E-state index in [1.54, 1.807) is 13.3 Å². The van der Waals surface area contributed by atoms with Crippen molar-refractivity contribution in [1.29, 1.82) is 5.26 Å². The van der Waals surface area contributed by atoms with Crippen LogP contribution in [0.1, 0.15) is 17.7 Å². The third-order valence-electron chi connectivity index (χ3n) is 3.38. The van der Waals surface area contributed by atoms with Crippen molar-refractivity contribution in [2.24, 2.45) is 0 Å². The molecular weight excluding hydrogens is 274 g/mol. The molecule has 0 amide bonds. The first-order valence-corrected chi connectivity index (χ1v) is 6.63. The molecule has 0 saturated carbocycles. The third-order valence-corrected chi connectivity index (χ3v) is 3.69. The quantitative estimate of drug-likeness (QED) is 0.794. The van der Waals surface area contributed by atoms with Crippen molar-refractivity contribution in [3.05, 3.63) is 40.8 Å². The first-order valence-electron chi connectivity index (χ1n) is 6.26. The Balaban J connectivity index is 2.36. The summed E-state index contributed by atoms with van der Waals surface area (Å²) in [7, 11) is 1.57. The summed E-state index contributed by atoms with van der Waals surface area (Å²) >= 11 is 6.20. The Morgan fingerprint density at radius 3 is 3.05 bits per heavy atom. The molecule has 0 aromatic carbocycles. The number of rotatable bonds is 2. The molecule has 0 bridgehead atoms. The van der Waals surface area contributed by atoms with Gasteiger partial charge < -0.3 is 9.30 Å². The molecule has 0 unspecified atom stereocenters. The van der Waals surface area contributed by atoms with E-state index < -0.39 is 0 Å². The molecule has 0 atom stereocenters. The molecule has 0 radical (unpaired) electrons. The number of ether oxygens (including phenoxy) is 1. The van der Waals surface area contributed by atoms with Gasteiger partial charge >= 0.3 is 0 Å². The number of allylic oxidation sites excluding steroid dienone is 1. The van der Waals surface area contributed by atoms with Gasteiger partial charge in [0.25, 0.3) is 0 Å². The minimum absolute atomic E-state index is 0.408. The topological polar surface area (TPSA) is 50.8 Å². The van der Waals surface area contributed by atoms with Gasteiger partial charge in [0.1, 0.15) is 16.8 Å². The monoisotopic (exact) mass is 285 g/mol. The molecule has 0 fully saturated rings. The zero-order chi connectivity index (χ0) is 14.1. The Bertz CT molecular complexity index is 740. The Hall–Kier alpha value is -2.25. The number of hydrogen-bond acceptors (Lipinski definition) is 3. The lowest BCUT2D eigenvalue weighted by Crippen LogP contribution is -2.05. The van der Waals surface area contributed by atoms with Gasteiger partial charge in [0, 0.05) is 18.3 Å². The number of nitriles is 1. The number of nitrogens with zero attached hydrogens (tertiary/aromatic N) is 3. The average molecular weight is 286 g/mol. The summed E-state index contributed by atoms with van der Waals surface area (Å²) in [6.45, 7) is 0.796. The van der Waals surface area contributed by atoms with Crippen LogP contribution in [0, 0.1) is 11.3 Å². The molecule has 1 aliphatic heterocycles. The fourth-order valence-corrected chi connectivity index (χ4v) is 2.76. The third kappa shape index (κ3) is 1.79. The number of hydrogen-bond donors (Lipinski definition) is 0. The van der Waals surface area contributed by atoms with Gasteiger partial charge in [-0.25, -0.2) is 4.98 Å². The Morgan fingerprint density at radius 2 is 2.35 bits per heavy atom. The lowest BCUT2D eigenvalue weighted by molar-refractivity contribution is 0.414. The van der Waals surface area contributed by atoms with Gasteiger partial charge in [-0.2, -0.15) is 5.26 Å². The number of halogens is 1. The molecule has 2 aromatic rings. The van der Waals surface area contributed by atoms with E-state index in [1.807, 2.05) is 18.2 Å². The van der Waals surface area contributed by atoms with Crippen molar-refractivity contribution in [2.45, 2.75) is 13.0 Å². The molecule has 1 aliphatic rings. The van der Waals surface area contributed by atoms with Crippen LogP contribution in [0.25, 0.3) is 17.3 Å². The van der Waals surface area contributed by atoms with Crippen LogP contribution < -0.4 is 4.74 Å². The second-order valence-electron chi connectivity index (χ2n) is 4.44. The van der Waals surface area contributed by atoms with Crippen molar-refractivity contribution >= 4 is 17.7 Å². The molecule has 2 aromatic heterocycles. The van der Waals surface area contributed by atoms with Crippen LogP contribution in [0.4, 0.5) is 0 Å². The van der Waals surface area contributed by atoms with Gasteiger partial charge in [-0.3, -0.25) is 0 Å². The molecule has 3 rings (SSSR count). The Labute approximate surface area is 121 Å². The molecule has 0 saturated heterocycles. The summed E-state index contributed by atoms with van der Waals surface area (Å²) in [4.78, 5) is 4.11. The van der Waals surface area contributed by atoms with Crippen LogP contribution in [-0.4, -0.2) is 16.7 Å². The van der Waals surface area contributed by atoms with Crippen LogP contribution in [0.3, 0.4) is 0 Å². The van der Waals surface area contributed by atoms with Gasteiger partial charge in [-0.1, -0.05) is 17.7 Å². The first-order chi connectivity index (χ1) is 9.77. The van der Waals surface area contributed by atoms with Crippen LogP contribution in [0.2, 0.25) is 5.15 Å². The average Bonchev–Trinajstić information content (AvgIpc) is 2.81. The molecule has 0 aliphatic carbocycles. The lowest BCUT2D eigenvalue weighted by Gasteiger charge is -2.14. The molecule has 4 nitrogen and oxygen atoms in total. The van der Waals surface area contributed by atoms with Crippen LogP contribution in [0.15, 0.2) is 24.4 Å². The smallest absolute Gasteiger partial charge is 0.163 e. The molecule has 20 heavy (non-hydrogen) atoms. The standard InChI is InChI=1S/C15H12ClN3O/c1-20-14-11(9-17)12-6-2-3-8-19(12)13(14)10-5-4-7-18-15(10)16/h2,4-7H,3,8H2,1H3. The van der Waals surface area contributed by atoms with E-state index in [0.717, 1.165) is 29.9 Å². The van der Waals surface area contributed by atoms with Crippen molar-refractivity contribution in [3.63, 3.8) is 0 Å². The van der Waals surface area contributed by atoms with E-state index in [2.05, 4.69) is 21.7 Å². The summed E-state index contributed by atoms with van der Waals surface area (Å²) in [5, 5.41) is 9.82. The van der Waals surface area contributed by atoms with Crippen molar-refractivity contribution in [2.75, 3.05) is 7.11 Å². The van der Waals surface area contributed by atoms with Crippen LogP contribution in [-0.2, 0) is 6.54 Å². The fraction of sp³-hybridized carbons (Fsp3) is 0.200. The van der Waals surface area contributed by atoms with Crippen LogP contribution >= 0.6 is 11.6 Å². The van der Waals surface area contributed by atoms with Gasteiger partial charge in [-0.15, -0.1) is 0 Å². The second kappa shape index (κ2) is 5.03. The molecule has 5 heteroatoms. The van der Waals surface area contributed by atoms with Crippen molar-refractivity contribution in [1.82, 2.24) is 9.55 Å². The lowest BCUT2D eigenvalue weighted by atomic mass is 10.1. The van der Waals surface area contributed by atoms with Crippen molar-refractivity contribution in [3.8, 4) is 23.1 Å². The maximum atomic E-state index is 9.41. The summed E-state index contributed by atoms with van der Waals surface area (Å²) in [5.41, 5.74) is 3.01. The van der Waals surface area contributed by atoms with Gasteiger partial charge in [0.2, 0.25) is 0 Å². The maximum absolute atomic E-state index is 9.41. The Kier molecular flexibility index (Phi) is 3.21. The highest BCUT2D eigenvalue weighted by Gasteiger charge is 2.25. The summed E-state index contributed by atoms with van der Waals surface area (Å²) < 4.78 is 7.54. The highest BCUT2D eigenvalue weighted by Crippen LogP contribution is 2.41. The first kappa shape index (κ1) is 12.8. The van der Waals surface area contributed by atoms with E-state index in [1.165, 1.54) is 0 Å². The van der Waals surface area contributed by atoms with Crippen LogP contribution in [0.5, 0.6) is 5.75 Å². The van der Waals surface area contributed by atoms with Gasteiger partial charge in [0.15, 0.2) is 5.75 Å². The molecule has 100 valence electrons. The molecule has 3 heterocycles. The summed E-state index contributed by atoms with van der Waals surface area (Å²) in [6.07, 6.45) is 6.58. The summed E-state index contributed by atoms with van der Waals surface area (Å²) in [5.74, 6) is 0.559. The van der Waals surface area contributed by atoms with Crippen molar-refractivity contribution < 1.29 is 4.74 Å². The van der Waals surface area contributed by atoms with E-state index >= 15 is 0 Å². The number of aromatic nitrogens is 2. The number of pyridine rings is 1. The largest absolute Gasteiger partial charge is 0.493 e. The SMILES string of the molecule is COc1c(C#N)c2n(c1-c1cccnc1Cl)CCC=C2. The molecule has 0 spiro atoms. The van der Waals surface area contributed by atoms with E-state index in [-0.39, 0.29) is 0 Å². The predicted molar refractivity (Wildman–Crippen MR) is 77.6 cm³/mol. The number of methoxy groups -OCH3 is 1. The predicted octanol–water partition coefficient (Wildman–Crippen LogP) is 3.50. The zero-order valence-corrected chi connectivity index (χ0v) is 11.7. The molecule has 0 N–H and O–H groups in total. The van der Waals surface area contributed by atoms with E-state index in [9.17, 15) is 5.26 Å². The normalized spacial score (nSPS) is 12.8. The molecular formula is C15H12ClN3O. The minimum Gasteiger partial charge on any atom is -0.493 e. The highest BCUT2D eigenvalue weighted by atomic mass is 35.5. The van der Waals surface area contributed by atoms with E-state index in [0.29, 0.717) is 16.5 Å².